The van der Waals surface area contributed by atoms with E-state index in [1.807, 2.05) is 36.4 Å². The van der Waals surface area contributed by atoms with Crippen LogP contribution < -0.4 is 0 Å². The second-order valence-electron chi connectivity index (χ2n) is 4.90. The minimum absolute atomic E-state index is 0.264. The highest BCUT2D eigenvalue weighted by Crippen LogP contribution is 2.23. The van der Waals surface area contributed by atoms with Crippen molar-refractivity contribution >= 4 is 9.04 Å². The monoisotopic (exact) mass is 299 g/mol. The molecular weight excluding hydrogens is 276 g/mol. The van der Waals surface area contributed by atoms with Gasteiger partial charge >= 0.3 is 0 Å². The van der Waals surface area contributed by atoms with Gasteiger partial charge in [-0.3, -0.25) is 0 Å². The molecule has 21 heavy (non-hydrogen) atoms. The normalized spacial score (nSPS) is 12.5. The summed E-state index contributed by atoms with van der Waals surface area (Å²) in [4.78, 5) is 0. The van der Waals surface area contributed by atoms with Crippen LogP contribution in [0.3, 0.4) is 0 Å². The van der Waals surface area contributed by atoms with Crippen LogP contribution in [0, 0.1) is 0 Å². The fourth-order valence-corrected chi connectivity index (χ4v) is 3.46. The highest BCUT2D eigenvalue weighted by molar-refractivity contribution is 6.51. The van der Waals surface area contributed by atoms with Gasteiger partial charge < -0.3 is 9.16 Å². The van der Waals surface area contributed by atoms with Gasteiger partial charge in [0.1, 0.15) is 0 Å². The van der Waals surface area contributed by atoms with Crippen molar-refractivity contribution in [2.24, 2.45) is 0 Å². The molecule has 0 aromatic heterocycles. The molecule has 1 radical (unpaired) electrons. The van der Waals surface area contributed by atoms with E-state index in [2.05, 4.69) is 38.1 Å². The zero-order chi connectivity index (χ0) is 14.9. The molecule has 2 aromatic rings. The first-order valence-corrected chi connectivity index (χ1v) is 9.37. The average molecular weight is 299 g/mol. The van der Waals surface area contributed by atoms with Crippen LogP contribution in [0.15, 0.2) is 60.7 Å². The molecule has 111 valence electrons. The predicted molar refractivity (Wildman–Crippen MR) is 88.2 cm³/mol. The Labute approximate surface area is 129 Å². The third kappa shape index (κ3) is 5.12. The average Bonchev–Trinajstić information content (AvgIpc) is 2.57. The molecule has 0 amide bonds. The van der Waals surface area contributed by atoms with Crippen molar-refractivity contribution in [2.45, 2.75) is 38.8 Å². The Morgan fingerprint density at radius 3 is 2.00 bits per heavy atom. The quantitative estimate of drug-likeness (QED) is 0.507. The summed E-state index contributed by atoms with van der Waals surface area (Å²) in [6.07, 6.45) is -0.264. The van der Waals surface area contributed by atoms with E-state index in [1.54, 1.807) is 0 Å². The summed E-state index contributed by atoms with van der Waals surface area (Å²) in [6.45, 7) is 4.96. The third-order valence-corrected chi connectivity index (χ3v) is 5.50. The molecular formula is C18H23O2Si. The summed E-state index contributed by atoms with van der Waals surface area (Å²) in [5.74, 6) is 0. The van der Waals surface area contributed by atoms with E-state index in [4.69, 9.17) is 9.16 Å². The van der Waals surface area contributed by atoms with Gasteiger partial charge in [0, 0.05) is 5.56 Å². The van der Waals surface area contributed by atoms with Crippen LogP contribution in [-0.2, 0) is 15.8 Å². The van der Waals surface area contributed by atoms with Gasteiger partial charge in [0.2, 0.25) is 9.04 Å². The molecule has 0 saturated heterocycles. The molecule has 0 spiro atoms. The Morgan fingerprint density at radius 2 is 1.43 bits per heavy atom. The summed E-state index contributed by atoms with van der Waals surface area (Å²) in [5, 5.41) is 0. The van der Waals surface area contributed by atoms with E-state index in [0.717, 1.165) is 17.7 Å². The van der Waals surface area contributed by atoms with Crippen LogP contribution in [0.1, 0.15) is 31.3 Å². The van der Waals surface area contributed by atoms with E-state index in [0.29, 0.717) is 6.61 Å². The zero-order valence-corrected chi connectivity index (χ0v) is 13.8. The summed E-state index contributed by atoms with van der Waals surface area (Å²) in [7, 11) is -0.797. The lowest BCUT2D eigenvalue weighted by Crippen LogP contribution is -2.21. The van der Waals surface area contributed by atoms with Gasteiger partial charge in [-0.05, 0) is 17.7 Å². The van der Waals surface area contributed by atoms with E-state index >= 15 is 0 Å². The third-order valence-electron chi connectivity index (χ3n) is 3.38. The lowest BCUT2D eigenvalue weighted by atomic mass is 10.2. The molecule has 0 bridgehead atoms. The Balaban J connectivity index is 2.05. The molecule has 0 saturated carbocycles. The first-order valence-electron chi connectivity index (χ1n) is 7.55. The van der Waals surface area contributed by atoms with Crippen molar-refractivity contribution < 1.29 is 9.16 Å². The molecule has 0 heterocycles. The smallest absolute Gasteiger partial charge is 0.214 e. The molecule has 1 atom stereocenters. The van der Waals surface area contributed by atoms with Crippen LogP contribution in [-0.4, -0.2) is 9.04 Å². The number of hydrogen-bond donors (Lipinski definition) is 0. The Morgan fingerprint density at radius 1 is 0.857 bits per heavy atom. The molecule has 3 heteroatoms. The predicted octanol–water partition coefficient (Wildman–Crippen LogP) is 4.95. The van der Waals surface area contributed by atoms with Crippen LogP contribution in [0.5, 0.6) is 0 Å². The summed E-state index contributed by atoms with van der Waals surface area (Å²) >= 11 is 0. The van der Waals surface area contributed by atoms with Gasteiger partial charge in [0.05, 0.1) is 6.61 Å². The van der Waals surface area contributed by atoms with E-state index in [9.17, 15) is 0 Å². The standard InChI is InChI=1S/C18H23O2Si/c1-3-21(4-2)20-18(17-13-9-6-10-14-17)19-15-16-11-7-5-8-12-16/h5-14,18H,3-4,15H2,1-2H3. The molecule has 0 aliphatic carbocycles. The number of benzene rings is 2. The summed E-state index contributed by atoms with van der Waals surface area (Å²) < 4.78 is 12.3. The second-order valence-corrected chi connectivity index (χ2v) is 7.63. The minimum atomic E-state index is -0.797. The molecule has 2 nitrogen and oxygen atoms in total. The highest BCUT2D eigenvalue weighted by atomic mass is 28.3. The first-order chi connectivity index (χ1) is 10.3. The van der Waals surface area contributed by atoms with E-state index in [-0.39, 0.29) is 6.29 Å². The van der Waals surface area contributed by atoms with E-state index < -0.39 is 9.04 Å². The van der Waals surface area contributed by atoms with E-state index in [1.165, 1.54) is 5.56 Å². The highest BCUT2D eigenvalue weighted by Gasteiger charge is 2.18. The molecule has 0 aliphatic heterocycles. The van der Waals surface area contributed by atoms with Gasteiger partial charge in [-0.2, -0.15) is 0 Å². The van der Waals surface area contributed by atoms with Gasteiger partial charge in [0.25, 0.3) is 0 Å². The van der Waals surface area contributed by atoms with Crippen LogP contribution in [0.2, 0.25) is 12.1 Å². The summed E-state index contributed by atoms with van der Waals surface area (Å²) in [5.41, 5.74) is 2.27. The molecule has 0 N–H and O–H groups in total. The second kappa shape index (κ2) is 8.77. The zero-order valence-electron chi connectivity index (χ0n) is 12.8. The molecule has 2 rings (SSSR count). The van der Waals surface area contributed by atoms with Gasteiger partial charge in [-0.1, -0.05) is 74.5 Å². The van der Waals surface area contributed by atoms with Crippen molar-refractivity contribution in [1.29, 1.82) is 0 Å². The lowest BCUT2D eigenvalue weighted by molar-refractivity contribution is -0.0960. The first kappa shape index (κ1) is 16.0. The topological polar surface area (TPSA) is 18.5 Å². The molecule has 0 aliphatic rings. The van der Waals surface area contributed by atoms with Crippen molar-refractivity contribution in [1.82, 2.24) is 0 Å². The fourth-order valence-electron chi connectivity index (χ4n) is 2.12. The maximum Gasteiger partial charge on any atom is 0.214 e. The Hall–Kier alpha value is -1.42. The minimum Gasteiger partial charge on any atom is -0.389 e. The lowest BCUT2D eigenvalue weighted by Gasteiger charge is -2.23. The molecule has 2 aromatic carbocycles. The van der Waals surface area contributed by atoms with Gasteiger partial charge in [-0.25, -0.2) is 0 Å². The fraction of sp³-hybridized carbons (Fsp3) is 0.333. The number of ether oxygens (including phenoxy) is 1. The summed E-state index contributed by atoms with van der Waals surface area (Å²) in [6, 6.07) is 22.6. The van der Waals surface area contributed by atoms with Crippen molar-refractivity contribution in [3.05, 3.63) is 71.8 Å². The largest absolute Gasteiger partial charge is 0.389 e. The van der Waals surface area contributed by atoms with Gasteiger partial charge in [0.15, 0.2) is 6.29 Å². The van der Waals surface area contributed by atoms with Crippen LogP contribution in [0.25, 0.3) is 0 Å². The Bertz CT molecular complexity index is 497. The number of rotatable bonds is 8. The van der Waals surface area contributed by atoms with Crippen molar-refractivity contribution in [2.75, 3.05) is 0 Å². The van der Waals surface area contributed by atoms with Crippen molar-refractivity contribution in [3.63, 3.8) is 0 Å². The van der Waals surface area contributed by atoms with Crippen LogP contribution in [0.4, 0.5) is 0 Å². The maximum atomic E-state index is 6.24. The SMILES string of the molecule is CC[Si](CC)OC(OCc1ccccc1)c1ccccc1. The van der Waals surface area contributed by atoms with Gasteiger partial charge in [-0.15, -0.1) is 0 Å². The number of hydrogen-bond acceptors (Lipinski definition) is 2. The molecule has 1 unspecified atom stereocenters. The maximum absolute atomic E-state index is 6.24. The molecule has 0 fully saturated rings. The van der Waals surface area contributed by atoms with Crippen molar-refractivity contribution in [3.8, 4) is 0 Å². The van der Waals surface area contributed by atoms with Crippen LogP contribution >= 0.6 is 0 Å². The Kier molecular flexibility index (Phi) is 6.67.